The number of benzene rings is 1. The van der Waals surface area contributed by atoms with E-state index in [1.54, 1.807) is 7.11 Å². The molecule has 1 heterocycles. The van der Waals surface area contributed by atoms with E-state index in [1.165, 1.54) is 0 Å². The van der Waals surface area contributed by atoms with Gasteiger partial charge in [0.25, 0.3) is 0 Å². The maximum Gasteiger partial charge on any atom is 0.119 e. The van der Waals surface area contributed by atoms with E-state index in [0.717, 1.165) is 28.8 Å². The molecule has 0 spiro atoms. The third kappa shape index (κ3) is 2.20. The number of methoxy groups -OCH3 is 1. The van der Waals surface area contributed by atoms with Crippen LogP contribution >= 0.6 is 11.6 Å². The second kappa shape index (κ2) is 5.21. The lowest BCUT2D eigenvalue weighted by molar-refractivity contribution is 0.283. The average Bonchev–Trinajstić information content (AvgIpc) is 2.61. The lowest BCUT2D eigenvalue weighted by Gasteiger charge is -2.10. The second-order valence-electron chi connectivity index (χ2n) is 4.82. The molecule has 0 fully saturated rings. The van der Waals surface area contributed by atoms with Gasteiger partial charge in [-0.05, 0) is 24.1 Å². The summed E-state index contributed by atoms with van der Waals surface area (Å²) in [5.74, 6) is 1.27. The van der Waals surface area contributed by atoms with E-state index in [0.29, 0.717) is 11.1 Å². The summed E-state index contributed by atoms with van der Waals surface area (Å²) in [6, 6.07) is 5.82. The Kier molecular flexibility index (Phi) is 3.83. The number of aromatic nitrogens is 1. The fraction of sp³-hybridized carbons (Fsp3) is 0.429. The van der Waals surface area contributed by atoms with Crippen molar-refractivity contribution in [1.29, 1.82) is 0 Å². The van der Waals surface area contributed by atoms with Gasteiger partial charge in [-0.2, -0.15) is 0 Å². The van der Waals surface area contributed by atoms with E-state index in [9.17, 15) is 5.11 Å². The Morgan fingerprint density at radius 1 is 1.39 bits per heavy atom. The lowest BCUT2D eigenvalue weighted by atomic mass is 10.2. The molecule has 18 heavy (non-hydrogen) atoms. The van der Waals surface area contributed by atoms with Crippen LogP contribution in [-0.2, 0) is 13.2 Å². The van der Waals surface area contributed by atoms with Crippen molar-refractivity contribution in [3.63, 3.8) is 0 Å². The maximum atomic E-state index is 9.49. The number of halogens is 1. The number of hydrogen-bond donors (Lipinski definition) is 1. The molecule has 0 bridgehead atoms. The van der Waals surface area contributed by atoms with Crippen molar-refractivity contribution in [2.24, 2.45) is 5.92 Å². The molecule has 0 aliphatic carbocycles. The van der Waals surface area contributed by atoms with Gasteiger partial charge in [0.1, 0.15) is 10.9 Å². The first-order chi connectivity index (χ1) is 8.58. The van der Waals surface area contributed by atoms with Crippen molar-refractivity contribution in [2.45, 2.75) is 27.0 Å². The number of hydrogen-bond acceptors (Lipinski definition) is 2. The number of ether oxygens (including phenoxy) is 1. The highest BCUT2D eigenvalue weighted by Gasteiger charge is 2.16. The third-order valence-electron chi connectivity index (χ3n) is 3.01. The van der Waals surface area contributed by atoms with Gasteiger partial charge >= 0.3 is 0 Å². The number of fused-ring (bicyclic) bond motifs is 1. The maximum absolute atomic E-state index is 9.49. The Bertz CT molecular complexity index is 560. The standard InChI is InChI=1S/C14H18ClNO2/c1-9(2)7-16-13-5-4-10(18-3)6-11(13)12(8-17)14(16)15/h4-6,9,17H,7-8H2,1-3H3. The largest absolute Gasteiger partial charge is 0.497 e. The molecule has 2 aromatic rings. The smallest absolute Gasteiger partial charge is 0.119 e. The quantitative estimate of drug-likeness (QED) is 0.921. The summed E-state index contributed by atoms with van der Waals surface area (Å²) >= 11 is 6.35. The van der Waals surface area contributed by atoms with Crippen LogP contribution in [0.2, 0.25) is 5.15 Å². The molecule has 0 radical (unpaired) electrons. The van der Waals surface area contributed by atoms with Gasteiger partial charge < -0.3 is 14.4 Å². The molecule has 1 N–H and O–H groups in total. The molecule has 0 aliphatic rings. The van der Waals surface area contributed by atoms with Crippen molar-refractivity contribution < 1.29 is 9.84 Å². The molecule has 0 aliphatic heterocycles. The van der Waals surface area contributed by atoms with Gasteiger partial charge in [0, 0.05) is 23.0 Å². The van der Waals surface area contributed by atoms with Crippen LogP contribution in [0.15, 0.2) is 18.2 Å². The van der Waals surface area contributed by atoms with Crippen molar-refractivity contribution in [1.82, 2.24) is 4.57 Å². The minimum atomic E-state index is -0.0619. The first-order valence-electron chi connectivity index (χ1n) is 6.04. The Morgan fingerprint density at radius 2 is 2.11 bits per heavy atom. The van der Waals surface area contributed by atoms with Gasteiger partial charge in [0.2, 0.25) is 0 Å². The molecule has 0 amide bonds. The normalized spacial score (nSPS) is 11.4. The van der Waals surface area contributed by atoms with E-state index < -0.39 is 0 Å². The molecule has 3 nitrogen and oxygen atoms in total. The summed E-state index contributed by atoms with van der Waals surface area (Å²) in [5, 5.41) is 11.1. The van der Waals surface area contributed by atoms with Gasteiger partial charge in [0.05, 0.1) is 13.7 Å². The van der Waals surface area contributed by atoms with Crippen LogP contribution in [0.3, 0.4) is 0 Å². The summed E-state index contributed by atoms with van der Waals surface area (Å²) in [6.45, 7) is 5.06. The Hall–Kier alpha value is -1.19. The molecular formula is C14H18ClNO2. The predicted octanol–water partition coefficient (Wildman–Crippen LogP) is 3.45. The topological polar surface area (TPSA) is 34.4 Å². The van der Waals surface area contributed by atoms with Crippen LogP contribution in [0.1, 0.15) is 19.4 Å². The van der Waals surface area contributed by atoms with E-state index in [2.05, 4.69) is 13.8 Å². The minimum Gasteiger partial charge on any atom is -0.497 e. The molecule has 4 heteroatoms. The number of aliphatic hydroxyl groups is 1. The van der Waals surface area contributed by atoms with Gasteiger partial charge in [0.15, 0.2) is 0 Å². The summed E-state index contributed by atoms with van der Waals surface area (Å²) in [7, 11) is 1.63. The predicted molar refractivity (Wildman–Crippen MR) is 74.3 cm³/mol. The summed E-state index contributed by atoms with van der Waals surface area (Å²) in [5.41, 5.74) is 1.81. The highest BCUT2D eigenvalue weighted by Crippen LogP contribution is 2.33. The molecule has 0 unspecified atom stereocenters. The van der Waals surface area contributed by atoms with Crippen LogP contribution in [0.25, 0.3) is 10.9 Å². The van der Waals surface area contributed by atoms with Gasteiger partial charge in [-0.1, -0.05) is 25.4 Å². The lowest BCUT2D eigenvalue weighted by Crippen LogP contribution is -2.04. The SMILES string of the molecule is COc1ccc2c(c1)c(CO)c(Cl)n2CC(C)C. The highest BCUT2D eigenvalue weighted by atomic mass is 35.5. The molecule has 0 atom stereocenters. The zero-order valence-electron chi connectivity index (χ0n) is 10.9. The van der Waals surface area contributed by atoms with Crippen molar-refractivity contribution in [3.8, 4) is 5.75 Å². The minimum absolute atomic E-state index is 0.0619. The Balaban J connectivity index is 2.67. The van der Waals surface area contributed by atoms with Crippen molar-refractivity contribution >= 4 is 22.5 Å². The molecule has 2 rings (SSSR count). The van der Waals surface area contributed by atoms with Gasteiger partial charge in [-0.25, -0.2) is 0 Å². The fourth-order valence-corrected chi connectivity index (χ4v) is 2.51. The second-order valence-corrected chi connectivity index (χ2v) is 5.17. The molecule has 1 aromatic carbocycles. The van der Waals surface area contributed by atoms with E-state index >= 15 is 0 Å². The van der Waals surface area contributed by atoms with Crippen LogP contribution in [0.5, 0.6) is 5.75 Å². The first-order valence-corrected chi connectivity index (χ1v) is 6.41. The van der Waals surface area contributed by atoms with Gasteiger partial charge in [-0.3, -0.25) is 0 Å². The van der Waals surface area contributed by atoms with Crippen molar-refractivity contribution in [3.05, 3.63) is 28.9 Å². The number of nitrogens with zero attached hydrogens (tertiary/aromatic N) is 1. The first kappa shape index (κ1) is 13.2. The van der Waals surface area contributed by atoms with E-state index in [1.807, 2.05) is 22.8 Å². The Labute approximate surface area is 112 Å². The van der Waals surface area contributed by atoms with Crippen LogP contribution in [0.4, 0.5) is 0 Å². The third-order valence-corrected chi connectivity index (χ3v) is 3.44. The highest BCUT2D eigenvalue weighted by molar-refractivity contribution is 6.32. The average molecular weight is 268 g/mol. The zero-order valence-corrected chi connectivity index (χ0v) is 11.7. The van der Waals surface area contributed by atoms with Crippen LogP contribution in [0, 0.1) is 5.92 Å². The fourth-order valence-electron chi connectivity index (χ4n) is 2.19. The monoisotopic (exact) mass is 267 g/mol. The van der Waals surface area contributed by atoms with Crippen molar-refractivity contribution in [2.75, 3.05) is 7.11 Å². The van der Waals surface area contributed by atoms with Gasteiger partial charge in [-0.15, -0.1) is 0 Å². The molecule has 98 valence electrons. The number of aliphatic hydroxyl groups excluding tert-OH is 1. The van der Waals surface area contributed by atoms with E-state index in [4.69, 9.17) is 16.3 Å². The molecule has 0 saturated carbocycles. The summed E-state index contributed by atoms with van der Waals surface area (Å²) in [4.78, 5) is 0. The molecular weight excluding hydrogens is 250 g/mol. The number of rotatable bonds is 4. The molecule has 1 aromatic heterocycles. The zero-order chi connectivity index (χ0) is 13.3. The molecule has 0 saturated heterocycles. The van der Waals surface area contributed by atoms with Crippen LogP contribution in [-0.4, -0.2) is 16.8 Å². The Morgan fingerprint density at radius 3 is 2.67 bits per heavy atom. The van der Waals surface area contributed by atoms with E-state index in [-0.39, 0.29) is 6.61 Å². The summed E-state index contributed by atoms with van der Waals surface area (Å²) in [6.07, 6.45) is 0. The van der Waals surface area contributed by atoms with Crippen LogP contribution < -0.4 is 4.74 Å². The summed E-state index contributed by atoms with van der Waals surface area (Å²) < 4.78 is 7.27.